The molecule has 0 unspecified atom stereocenters. The lowest BCUT2D eigenvalue weighted by Crippen LogP contribution is -2.37. The molecule has 7 heteroatoms. The number of nitrogens with zero attached hydrogens (tertiary/aromatic N) is 2. The molecule has 146 valence electrons. The van der Waals surface area contributed by atoms with Crippen LogP contribution in [-0.4, -0.2) is 27.1 Å². The van der Waals surface area contributed by atoms with Gasteiger partial charge >= 0.3 is 12.1 Å². The minimum Gasteiger partial charge on any atom is -0.478 e. The molecule has 1 aromatic heterocycles. The Balaban J connectivity index is 1.49. The molecule has 0 radical (unpaired) electrons. The number of carboxylic acids is 1. The van der Waals surface area contributed by atoms with E-state index in [4.69, 9.17) is 4.74 Å². The van der Waals surface area contributed by atoms with Crippen LogP contribution in [0.3, 0.4) is 0 Å². The number of amides is 1. The number of benzene rings is 1. The zero-order valence-electron chi connectivity index (χ0n) is 15.6. The number of carboxylic acid groups (broad SMARTS) is 1. The van der Waals surface area contributed by atoms with E-state index in [0.717, 1.165) is 31.2 Å². The number of carbonyl (C=O) groups is 2. The number of rotatable bonds is 6. The number of alkyl carbamates (subject to hydrolysis) is 1. The van der Waals surface area contributed by atoms with Crippen molar-refractivity contribution >= 4 is 12.1 Å². The Morgan fingerprint density at radius 2 is 1.89 bits per heavy atom. The SMILES string of the molecule is O=C(NC1(c2ncc(C(=O)O)c(C3CCCC3)n2)CC1)OCc1ccccc1. The average molecular weight is 381 g/mol. The number of hydrogen-bond acceptors (Lipinski definition) is 5. The maximum atomic E-state index is 12.3. The van der Waals surface area contributed by atoms with Crippen LogP contribution in [0.25, 0.3) is 0 Å². The normalized spacial score (nSPS) is 17.9. The summed E-state index contributed by atoms with van der Waals surface area (Å²) >= 11 is 0. The molecular formula is C21H23N3O4. The van der Waals surface area contributed by atoms with E-state index in [-0.39, 0.29) is 18.1 Å². The monoisotopic (exact) mass is 381 g/mol. The Bertz CT molecular complexity index is 874. The molecule has 1 amide bonds. The highest BCUT2D eigenvalue weighted by Gasteiger charge is 2.49. The molecule has 1 heterocycles. The van der Waals surface area contributed by atoms with Crippen molar-refractivity contribution in [3.63, 3.8) is 0 Å². The molecule has 2 aliphatic carbocycles. The molecule has 7 nitrogen and oxygen atoms in total. The smallest absolute Gasteiger partial charge is 0.408 e. The van der Waals surface area contributed by atoms with Gasteiger partial charge in [-0.15, -0.1) is 0 Å². The molecule has 0 bridgehead atoms. The van der Waals surface area contributed by atoms with Crippen molar-refractivity contribution in [2.24, 2.45) is 0 Å². The summed E-state index contributed by atoms with van der Waals surface area (Å²) in [6.45, 7) is 0.189. The highest BCUT2D eigenvalue weighted by molar-refractivity contribution is 5.88. The zero-order valence-corrected chi connectivity index (χ0v) is 15.6. The Morgan fingerprint density at radius 1 is 1.18 bits per heavy atom. The van der Waals surface area contributed by atoms with Gasteiger partial charge in [0, 0.05) is 12.1 Å². The predicted molar refractivity (Wildman–Crippen MR) is 101 cm³/mol. The van der Waals surface area contributed by atoms with Crippen LogP contribution in [0.5, 0.6) is 0 Å². The minimum absolute atomic E-state index is 0.147. The van der Waals surface area contributed by atoms with Gasteiger partial charge < -0.3 is 15.2 Å². The largest absolute Gasteiger partial charge is 0.478 e. The van der Waals surface area contributed by atoms with Crippen molar-refractivity contribution < 1.29 is 19.4 Å². The predicted octanol–water partition coefficient (Wildman–Crippen LogP) is 3.75. The van der Waals surface area contributed by atoms with Crippen LogP contribution in [0.1, 0.15) is 71.9 Å². The topological polar surface area (TPSA) is 101 Å². The van der Waals surface area contributed by atoms with Crippen LogP contribution in [0.15, 0.2) is 36.5 Å². The number of hydrogen-bond donors (Lipinski definition) is 2. The van der Waals surface area contributed by atoms with E-state index in [0.29, 0.717) is 24.4 Å². The molecule has 2 N–H and O–H groups in total. The molecular weight excluding hydrogens is 358 g/mol. The molecule has 4 rings (SSSR count). The van der Waals surface area contributed by atoms with E-state index in [1.54, 1.807) is 0 Å². The van der Waals surface area contributed by atoms with Crippen molar-refractivity contribution in [1.29, 1.82) is 0 Å². The zero-order chi connectivity index (χ0) is 19.6. The highest BCUT2D eigenvalue weighted by Crippen LogP contribution is 2.45. The lowest BCUT2D eigenvalue weighted by Gasteiger charge is -2.19. The standard InChI is InChI=1S/C21H23N3O4/c25-18(26)16-12-22-19(23-17(16)15-8-4-5-9-15)21(10-11-21)24-20(27)28-13-14-6-2-1-3-7-14/h1-3,6-7,12,15H,4-5,8-11,13H2,(H,24,27)(H,25,26). The summed E-state index contributed by atoms with van der Waals surface area (Å²) in [7, 11) is 0. The van der Waals surface area contributed by atoms with Gasteiger partial charge in [0.15, 0.2) is 5.82 Å². The van der Waals surface area contributed by atoms with Crippen LogP contribution in [0.4, 0.5) is 4.79 Å². The first-order chi connectivity index (χ1) is 13.6. The van der Waals surface area contributed by atoms with Crippen molar-refractivity contribution in [3.8, 4) is 0 Å². The van der Waals surface area contributed by atoms with Gasteiger partial charge in [-0.05, 0) is 31.2 Å². The Morgan fingerprint density at radius 3 is 2.54 bits per heavy atom. The number of aromatic carboxylic acids is 1. The molecule has 2 aromatic rings. The van der Waals surface area contributed by atoms with Crippen LogP contribution in [0.2, 0.25) is 0 Å². The number of ether oxygens (including phenoxy) is 1. The van der Waals surface area contributed by atoms with E-state index in [1.165, 1.54) is 6.20 Å². The van der Waals surface area contributed by atoms with E-state index in [2.05, 4.69) is 15.3 Å². The quantitative estimate of drug-likeness (QED) is 0.790. The number of aromatic nitrogens is 2. The van der Waals surface area contributed by atoms with E-state index in [9.17, 15) is 14.7 Å². The first-order valence-electron chi connectivity index (χ1n) is 9.67. The van der Waals surface area contributed by atoms with Gasteiger partial charge in [-0.2, -0.15) is 0 Å². The minimum atomic E-state index is -1.01. The summed E-state index contributed by atoms with van der Waals surface area (Å²) in [5.41, 5.74) is 1.02. The van der Waals surface area contributed by atoms with E-state index in [1.807, 2.05) is 30.3 Å². The summed E-state index contributed by atoms with van der Waals surface area (Å²) in [4.78, 5) is 32.8. The molecule has 2 aliphatic rings. The fourth-order valence-corrected chi connectivity index (χ4v) is 3.78. The fourth-order valence-electron chi connectivity index (χ4n) is 3.78. The van der Waals surface area contributed by atoms with Crippen molar-refractivity contribution in [1.82, 2.24) is 15.3 Å². The first-order valence-corrected chi connectivity index (χ1v) is 9.67. The van der Waals surface area contributed by atoms with Gasteiger partial charge in [0.2, 0.25) is 0 Å². The maximum Gasteiger partial charge on any atom is 0.408 e. The summed E-state index contributed by atoms with van der Waals surface area (Å²) in [6, 6.07) is 9.47. The molecule has 0 aliphatic heterocycles. The first kappa shape index (κ1) is 18.4. The molecule has 2 saturated carbocycles. The fraction of sp³-hybridized carbons (Fsp3) is 0.429. The second-order valence-corrected chi connectivity index (χ2v) is 7.55. The second-order valence-electron chi connectivity index (χ2n) is 7.55. The van der Waals surface area contributed by atoms with Gasteiger partial charge in [-0.1, -0.05) is 43.2 Å². The van der Waals surface area contributed by atoms with Gasteiger partial charge in [0.05, 0.1) is 11.3 Å². The van der Waals surface area contributed by atoms with Gasteiger partial charge in [-0.25, -0.2) is 19.6 Å². The van der Waals surface area contributed by atoms with Crippen LogP contribution < -0.4 is 5.32 Å². The summed E-state index contributed by atoms with van der Waals surface area (Å²) in [5, 5.41) is 12.4. The summed E-state index contributed by atoms with van der Waals surface area (Å²) in [6.07, 6.45) is 6.33. The molecule has 1 aromatic carbocycles. The van der Waals surface area contributed by atoms with Crippen molar-refractivity contribution in [2.45, 2.75) is 56.6 Å². The second kappa shape index (κ2) is 7.58. The van der Waals surface area contributed by atoms with Crippen molar-refractivity contribution in [2.75, 3.05) is 0 Å². The lowest BCUT2D eigenvalue weighted by atomic mass is 9.99. The molecule has 0 saturated heterocycles. The van der Waals surface area contributed by atoms with Crippen molar-refractivity contribution in [3.05, 3.63) is 59.2 Å². The number of nitrogens with one attached hydrogen (secondary N) is 1. The third kappa shape index (κ3) is 3.83. The van der Waals surface area contributed by atoms with Gasteiger partial charge in [-0.3, -0.25) is 0 Å². The van der Waals surface area contributed by atoms with Gasteiger partial charge in [0.25, 0.3) is 0 Å². The third-order valence-corrected chi connectivity index (χ3v) is 5.52. The Labute approximate surface area is 163 Å². The van der Waals surface area contributed by atoms with Crippen LogP contribution in [0, 0.1) is 0 Å². The van der Waals surface area contributed by atoms with E-state index >= 15 is 0 Å². The maximum absolute atomic E-state index is 12.3. The molecule has 28 heavy (non-hydrogen) atoms. The summed E-state index contributed by atoms with van der Waals surface area (Å²) in [5.74, 6) is -0.377. The van der Waals surface area contributed by atoms with Crippen LogP contribution in [-0.2, 0) is 16.9 Å². The average Bonchev–Trinajstić information content (AvgIpc) is 3.27. The Hall–Kier alpha value is -2.96. The lowest BCUT2D eigenvalue weighted by molar-refractivity contribution is 0.0693. The summed E-state index contributed by atoms with van der Waals surface area (Å²) < 4.78 is 5.32. The number of carbonyl (C=O) groups excluding carboxylic acids is 1. The molecule has 0 spiro atoms. The van der Waals surface area contributed by atoms with Gasteiger partial charge in [0.1, 0.15) is 12.1 Å². The Kier molecular flexibility index (Phi) is 4.98. The van der Waals surface area contributed by atoms with Crippen LogP contribution >= 0.6 is 0 Å². The molecule has 2 fully saturated rings. The molecule has 0 atom stereocenters. The third-order valence-electron chi connectivity index (χ3n) is 5.52. The van der Waals surface area contributed by atoms with E-state index < -0.39 is 17.6 Å². The highest BCUT2D eigenvalue weighted by atomic mass is 16.5.